The second kappa shape index (κ2) is 14.0. The number of rotatable bonds is 10. The van der Waals surface area contributed by atoms with Crippen LogP contribution in [0.3, 0.4) is 0 Å². The topological polar surface area (TPSA) is 85.2 Å². The molecule has 0 amide bonds. The maximum atomic E-state index is 10.5. The molecule has 0 aromatic heterocycles. The Labute approximate surface area is 184 Å². The van der Waals surface area contributed by atoms with Crippen molar-refractivity contribution in [1.82, 2.24) is 0 Å². The van der Waals surface area contributed by atoms with Gasteiger partial charge in [0.1, 0.15) is 11.5 Å². The second-order valence-corrected chi connectivity index (χ2v) is 7.02. The average Bonchev–Trinajstić information content (AvgIpc) is 2.74. The fourth-order valence-electron chi connectivity index (χ4n) is 2.01. The van der Waals surface area contributed by atoms with E-state index >= 15 is 0 Å². The minimum atomic E-state index is -1.73. The van der Waals surface area contributed by atoms with Gasteiger partial charge in [0.05, 0.1) is 31.6 Å². The molecule has 0 aliphatic carbocycles. The fraction of sp³-hybridized carbons (Fsp3) is 0.417. The van der Waals surface area contributed by atoms with Crippen molar-refractivity contribution in [2.45, 2.75) is 40.7 Å². The van der Waals surface area contributed by atoms with Crippen LogP contribution in [0.2, 0.25) is 0 Å². The molecule has 30 heavy (non-hydrogen) atoms. The number of ether oxygens (including phenoxy) is 2. The van der Waals surface area contributed by atoms with Gasteiger partial charge >= 0.3 is 5.97 Å². The number of hydrogen-bond acceptors (Lipinski definition) is 5. The van der Waals surface area contributed by atoms with Crippen LogP contribution in [-0.4, -0.2) is 30.3 Å². The van der Waals surface area contributed by atoms with Crippen LogP contribution in [0.25, 0.3) is 0 Å². The molecule has 0 saturated carbocycles. The zero-order chi connectivity index (χ0) is 25.9. The van der Waals surface area contributed by atoms with E-state index in [1.165, 1.54) is 6.08 Å². The molecular weight excluding hydrogens is 382 g/mol. The molecule has 6 heteroatoms. The number of carbonyl (C=O) groups excluding carboxylic acids is 1. The molecule has 0 spiro atoms. The van der Waals surface area contributed by atoms with Crippen molar-refractivity contribution in [1.29, 1.82) is 0 Å². The van der Waals surface area contributed by atoms with E-state index in [0.717, 1.165) is 5.56 Å². The Hall–Kier alpha value is -3.11. The first kappa shape index (κ1) is 18.9. The zero-order valence-corrected chi connectivity index (χ0v) is 17.7. The summed E-state index contributed by atoms with van der Waals surface area (Å²) >= 11 is 0. The number of nitrogens with zero attached hydrogens (tertiary/aromatic N) is 1. The van der Waals surface area contributed by atoms with Crippen LogP contribution in [-0.2, 0) is 22.6 Å². The number of benzene rings is 2. The number of carbonyl (C=O) groups is 1. The summed E-state index contributed by atoms with van der Waals surface area (Å²) in [4.78, 5) is 23.9. The molecule has 2 aromatic rings. The van der Waals surface area contributed by atoms with Crippen molar-refractivity contribution in [3.05, 3.63) is 59.7 Å². The van der Waals surface area contributed by atoms with Gasteiger partial charge in [-0.3, -0.25) is 4.79 Å². The summed E-state index contributed by atoms with van der Waals surface area (Å²) in [5, 5.41) is 8.60. The molecule has 0 saturated heterocycles. The highest BCUT2D eigenvalue weighted by molar-refractivity contribution is 5.70. The van der Waals surface area contributed by atoms with Crippen LogP contribution in [0.5, 0.6) is 11.5 Å². The molecule has 0 radical (unpaired) electrons. The van der Waals surface area contributed by atoms with Gasteiger partial charge in [-0.2, -0.15) is 0 Å². The predicted octanol–water partition coefficient (Wildman–Crippen LogP) is 4.91. The van der Waals surface area contributed by atoms with E-state index < -0.39 is 19.1 Å². The first-order chi connectivity index (χ1) is 15.8. The van der Waals surface area contributed by atoms with Gasteiger partial charge in [-0.05, 0) is 47.2 Å². The number of isocyanates is 1. The molecule has 2 rings (SSSR count). The van der Waals surface area contributed by atoms with Gasteiger partial charge in [-0.15, -0.1) is 0 Å². The van der Waals surface area contributed by atoms with Crippen molar-refractivity contribution in [2.24, 2.45) is 16.8 Å². The van der Waals surface area contributed by atoms with Crippen molar-refractivity contribution >= 4 is 12.0 Å². The summed E-state index contributed by atoms with van der Waals surface area (Å²) in [7, 11) is 0. The number of aliphatic imine (C=N–C) groups is 1. The monoisotopic (exact) mass is 417 g/mol. The summed E-state index contributed by atoms with van der Waals surface area (Å²) in [5.74, 6) is -0.528. The van der Waals surface area contributed by atoms with Crippen LogP contribution in [0.1, 0.15) is 44.3 Å². The van der Waals surface area contributed by atoms with Gasteiger partial charge in [0.2, 0.25) is 6.08 Å². The van der Waals surface area contributed by atoms with Crippen LogP contribution in [0.4, 0.5) is 0 Å². The highest BCUT2D eigenvalue weighted by Crippen LogP contribution is 2.14. The molecule has 0 aliphatic rings. The molecule has 2 aromatic carbocycles. The third-order valence-corrected chi connectivity index (χ3v) is 3.35. The maximum absolute atomic E-state index is 10.5. The standard InChI is InChI=1S/C12H15NO2.C12H16O3/c1-10(2)8-15-12-5-3-11(4-6-12)7-13-9-14;1-9(2)8-15-11-5-3-10(4-6-11)7-12(13)14/h3-6,10H,7-8H2,1-2H3;3-6,9H,7-8H2,1-2H3,(H,13,14)/i2*8D2. The van der Waals surface area contributed by atoms with Crippen LogP contribution in [0, 0.1) is 11.8 Å². The smallest absolute Gasteiger partial charge is 0.307 e. The van der Waals surface area contributed by atoms with E-state index in [1.807, 2.05) is 0 Å². The molecule has 1 N–H and O–H groups in total. The third kappa shape index (κ3) is 11.7. The number of aliphatic carboxylic acids is 1. The largest absolute Gasteiger partial charge is 0.493 e. The Morgan fingerprint density at radius 2 is 1.37 bits per heavy atom. The number of carboxylic acids is 1. The van der Waals surface area contributed by atoms with Gasteiger partial charge in [0.15, 0.2) is 0 Å². The molecule has 0 fully saturated rings. The summed E-state index contributed by atoms with van der Waals surface area (Å²) in [5.41, 5.74) is 1.51. The first-order valence-electron chi connectivity index (χ1n) is 11.6. The Balaban J connectivity index is 0.000000340. The Bertz CT molecular complexity index is 889. The molecule has 0 unspecified atom stereocenters. The van der Waals surface area contributed by atoms with E-state index in [0.29, 0.717) is 17.1 Å². The average molecular weight is 418 g/mol. The maximum Gasteiger partial charge on any atom is 0.307 e. The van der Waals surface area contributed by atoms with E-state index in [4.69, 9.17) is 20.1 Å². The van der Waals surface area contributed by atoms with Crippen molar-refractivity contribution in [2.75, 3.05) is 13.1 Å². The third-order valence-electron chi connectivity index (χ3n) is 3.35. The quantitative estimate of drug-likeness (QED) is 0.439. The lowest BCUT2D eigenvalue weighted by Gasteiger charge is -2.08. The normalized spacial score (nSPS) is 13.0. The van der Waals surface area contributed by atoms with Crippen LogP contribution in [0.15, 0.2) is 53.5 Å². The number of carboxylic acid groups (broad SMARTS) is 1. The molecule has 0 bridgehead atoms. The molecule has 162 valence electrons. The molecule has 6 nitrogen and oxygen atoms in total. The van der Waals surface area contributed by atoms with Gasteiger partial charge in [-0.25, -0.2) is 9.79 Å². The molecule has 0 atom stereocenters. The zero-order valence-electron chi connectivity index (χ0n) is 21.7. The van der Waals surface area contributed by atoms with E-state index in [1.54, 1.807) is 76.2 Å². The van der Waals surface area contributed by atoms with E-state index in [-0.39, 0.29) is 24.8 Å². The van der Waals surface area contributed by atoms with Crippen molar-refractivity contribution in [3.8, 4) is 11.5 Å². The highest BCUT2D eigenvalue weighted by atomic mass is 16.5. The highest BCUT2D eigenvalue weighted by Gasteiger charge is 2.01. The van der Waals surface area contributed by atoms with Gasteiger partial charge in [-0.1, -0.05) is 52.0 Å². The summed E-state index contributed by atoms with van der Waals surface area (Å²) < 4.78 is 41.0. The minimum Gasteiger partial charge on any atom is -0.493 e. The van der Waals surface area contributed by atoms with Crippen LogP contribution >= 0.6 is 0 Å². The van der Waals surface area contributed by atoms with Crippen molar-refractivity contribution < 1.29 is 29.7 Å². The van der Waals surface area contributed by atoms with Crippen LogP contribution < -0.4 is 9.47 Å². The molecule has 0 aliphatic heterocycles. The Morgan fingerprint density at radius 3 is 1.73 bits per heavy atom. The van der Waals surface area contributed by atoms with E-state index in [9.17, 15) is 9.59 Å². The lowest BCUT2D eigenvalue weighted by atomic mass is 10.1. The second-order valence-electron chi connectivity index (χ2n) is 7.02. The molecular formula is C24H31NO5. The minimum absolute atomic E-state index is 0.0443. The van der Waals surface area contributed by atoms with Gasteiger partial charge < -0.3 is 14.6 Å². The summed E-state index contributed by atoms with van der Waals surface area (Å²) in [6, 6.07) is 13.2. The van der Waals surface area contributed by atoms with Gasteiger partial charge in [0.25, 0.3) is 0 Å². The van der Waals surface area contributed by atoms with Gasteiger partial charge in [0, 0.05) is 0 Å². The lowest BCUT2D eigenvalue weighted by molar-refractivity contribution is -0.136. The lowest BCUT2D eigenvalue weighted by Crippen LogP contribution is -2.04. The summed E-state index contributed by atoms with van der Waals surface area (Å²) in [6.45, 7) is 3.84. The number of hydrogen-bond donors (Lipinski definition) is 1. The Kier molecular flexibility index (Phi) is 8.79. The summed E-state index contributed by atoms with van der Waals surface area (Å²) in [6.07, 6.45) is 1.42. The first-order valence-corrected chi connectivity index (χ1v) is 9.58. The molecule has 0 heterocycles. The van der Waals surface area contributed by atoms with Crippen molar-refractivity contribution in [3.63, 3.8) is 0 Å². The van der Waals surface area contributed by atoms with E-state index in [2.05, 4.69) is 4.99 Å². The SMILES string of the molecule is [2H]C([2H])(Oc1ccc(CC(=O)O)cc1)C(C)C.[2H]C([2H])(Oc1ccc(CN=C=O)cc1)C(C)C. The Morgan fingerprint density at radius 1 is 0.933 bits per heavy atom. The predicted molar refractivity (Wildman–Crippen MR) is 117 cm³/mol. The fourth-order valence-corrected chi connectivity index (χ4v) is 2.01.